The number of hydrogen-bond donors (Lipinski definition) is 2. The molecule has 1 saturated heterocycles. The van der Waals surface area contributed by atoms with Crippen molar-refractivity contribution in [1.82, 2.24) is 0 Å². The van der Waals surface area contributed by atoms with Crippen molar-refractivity contribution in [3.05, 3.63) is 24.3 Å². The normalized spacial score (nSPS) is 15.5. The van der Waals surface area contributed by atoms with Gasteiger partial charge in [-0.15, -0.1) is 0 Å². The molecule has 0 atom stereocenters. The summed E-state index contributed by atoms with van der Waals surface area (Å²) in [5, 5.41) is 12.1. The lowest BCUT2D eigenvalue weighted by Gasteiger charge is -2.28. The number of nitrogens with one attached hydrogen (secondary N) is 1. The second-order valence-corrected chi connectivity index (χ2v) is 4.86. The molecule has 0 radical (unpaired) electrons. The molecule has 1 fully saturated rings. The topological polar surface area (TPSA) is 44.7 Å². The van der Waals surface area contributed by atoms with Crippen molar-refractivity contribution >= 4 is 11.4 Å². The van der Waals surface area contributed by atoms with Gasteiger partial charge in [-0.05, 0) is 43.5 Å². The summed E-state index contributed by atoms with van der Waals surface area (Å²) in [6, 6.07) is 8.61. The Labute approximate surface area is 115 Å². The summed E-state index contributed by atoms with van der Waals surface area (Å²) in [6.07, 6.45) is 3.08. The van der Waals surface area contributed by atoms with Crippen molar-refractivity contribution < 1.29 is 9.84 Å². The first-order valence-corrected chi connectivity index (χ1v) is 7.17. The Morgan fingerprint density at radius 1 is 1.05 bits per heavy atom. The van der Waals surface area contributed by atoms with Crippen molar-refractivity contribution in [3.63, 3.8) is 0 Å². The van der Waals surface area contributed by atoms with Gasteiger partial charge in [-0.3, -0.25) is 0 Å². The van der Waals surface area contributed by atoms with E-state index in [1.807, 2.05) is 0 Å². The summed E-state index contributed by atoms with van der Waals surface area (Å²) in [4.78, 5) is 2.36. The molecule has 1 aromatic carbocycles. The molecule has 2 rings (SSSR count). The van der Waals surface area contributed by atoms with Crippen LogP contribution in [0, 0.1) is 0 Å². The van der Waals surface area contributed by atoms with Gasteiger partial charge in [0, 0.05) is 37.6 Å². The summed E-state index contributed by atoms with van der Waals surface area (Å²) in [7, 11) is 0. The number of morpholine rings is 1. The van der Waals surface area contributed by atoms with Gasteiger partial charge in [-0.2, -0.15) is 0 Å². The van der Waals surface area contributed by atoms with E-state index in [-0.39, 0.29) is 0 Å². The fourth-order valence-corrected chi connectivity index (χ4v) is 2.26. The van der Waals surface area contributed by atoms with Crippen LogP contribution in [0.3, 0.4) is 0 Å². The average molecular weight is 264 g/mol. The van der Waals surface area contributed by atoms with E-state index in [1.54, 1.807) is 0 Å². The van der Waals surface area contributed by atoms with Crippen molar-refractivity contribution in [3.8, 4) is 0 Å². The summed E-state index contributed by atoms with van der Waals surface area (Å²) >= 11 is 0. The first-order valence-electron chi connectivity index (χ1n) is 7.17. The standard InChI is InChI=1S/C15H24N2O2/c18-11-3-1-2-8-16-14-4-6-15(7-5-14)17-9-12-19-13-10-17/h4-7,16,18H,1-3,8-13H2. The monoisotopic (exact) mass is 264 g/mol. The third-order valence-electron chi connectivity index (χ3n) is 3.41. The lowest BCUT2D eigenvalue weighted by molar-refractivity contribution is 0.122. The lowest BCUT2D eigenvalue weighted by Crippen LogP contribution is -2.36. The zero-order chi connectivity index (χ0) is 13.3. The predicted molar refractivity (Wildman–Crippen MR) is 78.9 cm³/mol. The predicted octanol–water partition coefficient (Wildman–Crippen LogP) is 2.10. The van der Waals surface area contributed by atoms with Gasteiger partial charge < -0.3 is 20.1 Å². The quantitative estimate of drug-likeness (QED) is 0.740. The van der Waals surface area contributed by atoms with E-state index in [0.717, 1.165) is 52.1 Å². The number of nitrogens with zero attached hydrogens (tertiary/aromatic N) is 1. The summed E-state index contributed by atoms with van der Waals surface area (Å²) in [6.45, 7) is 4.88. The molecule has 19 heavy (non-hydrogen) atoms. The van der Waals surface area contributed by atoms with Gasteiger partial charge in [0.15, 0.2) is 0 Å². The Balaban J connectivity index is 1.74. The molecule has 1 heterocycles. The number of benzene rings is 1. The van der Waals surface area contributed by atoms with E-state index in [1.165, 1.54) is 11.4 Å². The molecule has 0 aliphatic carbocycles. The Kier molecular flexibility index (Phi) is 5.98. The molecule has 0 bridgehead atoms. The third-order valence-corrected chi connectivity index (χ3v) is 3.41. The first kappa shape index (κ1) is 14.2. The minimum absolute atomic E-state index is 0.300. The van der Waals surface area contributed by atoms with Crippen LogP contribution >= 0.6 is 0 Å². The van der Waals surface area contributed by atoms with Crippen LogP contribution < -0.4 is 10.2 Å². The van der Waals surface area contributed by atoms with Crippen LogP contribution in [0.25, 0.3) is 0 Å². The molecule has 0 saturated carbocycles. The molecule has 0 amide bonds. The van der Waals surface area contributed by atoms with E-state index in [9.17, 15) is 0 Å². The van der Waals surface area contributed by atoms with E-state index < -0.39 is 0 Å². The summed E-state index contributed by atoms with van der Waals surface area (Å²) in [5.74, 6) is 0. The molecule has 0 unspecified atom stereocenters. The third kappa shape index (κ3) is 4.73. The van der Waals surface area contributed by atoms with Crippen molar-refractivity contribution in [1.29, 1.82) is 0 Å². The smallest absolute Gasteiger partial charge is 0.0642 e. The highest BCUT2D eigenvalue weighted by Gasteiger charge is 2.10. The maximum atomic E-state index is 8.70. The second-order valence-electron chi connectivity index (χ2n) is 4.86. The number of unbranched alkanes of at least 4 members (excludes halogenated alkanes) is 2. The van der Waals surface area contributed by atoms with Crippen molar-refractivity contribution in [2.45, 2.75) is 19.3 Å². The van der Waals surface area contributed by atoms with Crippen LogP contribution in [0.4, 0.5) is 11.4 Å². The van der Waals surface area contributed by atoms with Crippen LogP contribution in [0.1, 0.15) is 19.3 Å². The second kappa shape index (κ2) is 8.02. The molecule has 1 aromatic rings. The molecule has 0 spiro atoms. The summed E-state index contributed by atoms with van der Waals surface area (Å²) in [5.41, 5.74) is 2.44. The fourth-order valence-electron chi connectivity index (χ4n) is 2.26. The van der Waals surface area contributed by atoms with Crippen LogP contribution in [0.2, 0.25) is 0 Å². The largest absolute Gasteiger partial charge is 0.396 e. The van der Waals surface area contributed by atoms with Crippen molar-refractivity contribution in [2.75, 3.05) is 49.7 Å². The molecule has 4 nitrogen and oxygen atoms in total. The Morgan fingerprint density at radius 3 is 2.47 bits per heavy atom. The molecule has 106 valence electrons. The number of anilines is 2. The minimum atomic E-state index is 0.300. The number of rotatable bonds is 7. The summed E-state index contributed by atoms with van der Waals surface area (Å²) < 4.78 is 5.36. The van der Waals surface area contributed by atoms with Crippen LogP contribution in [0.15, 0.2) is 24.3 Å². The van der Waals surface area contributed by atoms with E-state index in [2.05, 4.69) is 34.5 Å². The van der Waals surface area contributed by atoms with Gasteiger partial charge in [0.05, 0.1) is 13.2 Å². The van der Waals surface area contributed by atoms with E-state index in [4.69, 9.17) is 9.84 Å². The Morgan fingerprint density at radius 2 is 1.79 bits per heavy atom. The molecule has 0 aromatic heterocycles. The maximum Gasteiger partial charge on any atom is 0.0642 e. The highest BCUT2D eigenvalue weighted by molar-refractivity contribution is 5.55. The number of aliphatic hydroxyl groups excluding tert-OH is 1. The SMILES string of the molecule is OCCCCCNc1ccc(N2CCOCC2)cc1. The van der Waals surface area contributed by atoms with E-state index >= 15 is 0 Å². The van der Waals surface area contributed by atoms with Gasteiger partial charge in [-0.1, -0.05) is 0 Å². The zero-order valence-corrected chi connectivity index (χ0v) is 11.5. The maximum absolute atomic E-state index is 8.70. The van der Waals surface area contributed by atoms with Crippen LogP contribution in [-0.2, 0) is 4.74 Å². The number of aliphatic hydroxyl groups is 1. The van der Waals surface area contributed by atoms with Gasteiger partial charge in [0.2, 0.25) is 0 Å². The molecule has 2 N–H and O–H groups in total. The molecule has 4 heteroatoms. The number of ether oxygens (including phenoxy) is 1. The first-order chi connectivity index (χ1) is 9.40. The Hall–Kier alpha value is -1.26. The highest BCUT2D eigenvalue weighted by Crippen LogP contribution is 2.19. The van der Waals surface area contributed by atoms with Crippen molar-refractivity contribution in [2.24, 2.45) is 0 Å². The van der Waals surface area contributed by atoms with Gasteiger partial charge in [0.1, 0.15) is 0 Å². The van der Waals surface area contributed by atoms with Gasteiger partial charge in [0.25, 0.3) is 0 Å². The molecular formula is C15H24N2O2. The molecule has 1 aliphatic heterocycles. The van der Waals surface area contributed by atoms with Crippen LogP contribution in [0.5, 0.6) is 0 Å². The highest BCUT2D eigenvalue weighted by atomic mass is 16.5. The zero-order valence-electron chi connectivity index (χ0n) is 11.5. The van der Waals surface area contributed by atoms with Gasteiger partial charge >= 0.3 is 0 Å². The van der Waals surface area contributed by atoms with Crippen LogP contribution in [-0.4, -0.2) is 44.6 Å². The lowest BCUT2D eigenvalue weighted by atomic mass is 10.2. The fraction of sp³-hybridized carbons (Fsp3) is 0.600. The minimum Gasteiger partial charge on any atom is -0.396 e. The Bertz CT molecular complexity index is 348. The average Bonchev–Trinajstić information content (AvgIpc) is 2.49. The van der Waals surface area contributed by atoms with Gasteiger partial charge in [-0.25, -0.2) is 0 Å². The molecule has 1 aliphatic rings. The molecular weight excluding hydrogens is 240 g/mol. The number of hydrogen-bond acceptors (Lipinski definition) is 4. The van der Waals surface area contributed by atoms with E-state index in [0.29, 0.717) is 6.61 Å².